The summed E-state index contributed by atoms with van der Waals surface area (Å²) in [5.41, 5.74) is 7.35. The third kappa shape index (κ3) is 1.95. The van der Waals surface area contributed by atoms with Crippen LogP contribution in [0.1, 0.15) is 56.1 Å². The zero-order valence-corrected chi connectivity index (χ0v) is 10.9. The van der Waals surface area contributed by atoms with Gasteiger partial charge < -0.3 is 5.73 Å². The Balaban J connectivity index is 2.47. The average molecular weight is 224 g/mol. The molecule has 0 fully saturated rings. The molecule has 1 aliphatic rings. The standard InChI is InChI=1S/C12H20N2S/c1-11(2)7-5-6-8-9(11)14-10(15-8)12(3,4)13/h5-7,13H2,1-4H3. The summed E-state index contributed by atoms with van der Waals surface area (Å²) in [5.74, 6) is 0. The molecule has 0 bridgehead atoms. The Morgan fingerprint density at radius 1 is 1.40 bits per heavy atom. The molecule has 84 valence electrons. The lowest BCUT2D eigenvalue weighted by atomic mass is 9.79. The number of nitrogens with zero attached hydrogens (tertiary/aromatic N) is 1. The van der Waals surface area contributed by atoms with Gasteiger partial charge in [-0.2, -0.15) is 0 Å². The van der Waals surface area contributed by atoms with Crippen LogP contribution >= 0.6 is 11.3 Å². The first-order valence-corrected chi connectivity index (χ1v) is 6.42. The molecule has 0 aromatic carbocycles. The Bertz CT molecular complexity index is 371. The highest BCUT2D eigenvalue weighted by Crippen LogP contribution is 2.40. The summed E-state index contributed by atoms with van der Waals surface area (Å²) >= 11 is 1.81. The molecule has 2 nitrogen and oxygen atoms in total. The van der Waals surface area contributed by atoms with E-state index in [4.69, 9.17) is 10.7 Å². The number of aryl methyl sites for hydroxylation is 1. The van der Waals surface area contributed by atoms with Gasteiger partial charge in [0.2, 0.25) is 0 Å². The molecule has 1 aromatic rings. The van der Waals surface area contributed by atoms with E-state index in [1.54, 1.807) is 0 Å². The molecule has 1 heterocycles. The summed E-state index contributed by atoms with van der Waals surface area (Å²) in [5, 5.41) is 1.09. The molecular weight excluding hydrogens is 204 g/mol. The molecule has 15 heavy (non-hydrogen) atoms. The van der Waals surface area contributed by atoms with Gasteiger partial charge in [0, 0.05) is 10.3 Å². The van der Waals surface area contributed by atoms with Gasteiger partial charge >= 0.3 is 0 Å². The van der Waals surface area contributed by atoms with Crippen LogP contribution in [0.4, 0.5) is 0 Å². The summed E-state index contributed by atoms with van der Waals surface area (Å²) in [6.07, 6.45) is 3.72. The maximum absolute atomic E-state index is 6.11. The molecular formula is C12H20N2S. The highest BCUT2D eigenvalue weighted by atomic mass is 32.1. The predicted octanol–water partition coefficient (Wildman–Crippen LogP) is 2.95. The lowest BCUT2D eigenvalue weighted by Crippen LogP contribution is -2.29. The van der Waals surface area contributed by atoms with Crippen molar-refractivity contribution in [3.63, 3.8) is 0 Å². The summed E-state index contributed by atoms with van der Waals surface area (Å²) in [6.45, 7) is 8.64. The quantitative estimate of drug-likeness (QED) is 0.796. The Labute approximate surface area is 95.9 Å². The number of hydrogen-bond donors (Lipinski definition) is 1. The van der Waals surface area contributed by atoms with Crippen LogP contribution < -0.4 is 5.73 Å². The molecule has 0 saturated carbocycles. The smallest absolute Gasteiger partial charge is 0.112 e. The second-order valence-electron chi connectivity index (χ2n) is 5.75. The van der Waals surface area contributed by atoms with Crippen molar-refractivity contribution in [1.29, 1.82) is 0 Å². The summed E-state index contributed by atoms with van der Waals surface area (Å²) < 4.78 is 0. The minimum absolute atomic E-state index is 0.244. The summed E-state index contributed by atoms with van der Waals surface area (Å²) in [7, 11) is 0. The molecule has 0 amide bonds. The molecule has 0 radical (unpaired) electrons. The molecule has 1 aliphatic carbocycles. The van der Waals surface area contributed by atoms with E-state index < -0.39 is 0 Å². The van der Waals surface area contributed by atoms with Crippen molar-refractivity contribution in [1.82, 2.24) is 4.98 Å². The minimum atomic E-state index is -0.294. The van der Waals surface area contributed by atoms with Crippen molar-refractivity contribution < 1.29 is 0 Å². The highest BCUT2D eigenvalue weighted by molar-refractivity contribution is 7.11. The van der Waals surface area contributed by atoms with Gasteiger partial charge in [0.25, 0.3) is 0 Å². The largest absolute Gasteiger partial charge is 0.320 e. The molecule has 2 N–H and O–H groups in total. The summed E-state index contributed by atoms with van der Waals surface area (Å²) in [6, 6.07) is 0. The van der Waals surface area contributed by atoms with Crippen LogP contribution in [-0.4, -0.2) is 4.98 Å². The number of thiazole rings is 1. The maximum atomic E-state index is 6.11. The van der Waals surface area contributed by atoms with Gasteiger partial charge in [0.15, 0.2) is 0 Å². The zero-order chi connectivity index (χ0) is 11.3. The van der Waals surface area contributed by atoms with Gasteiger partial charge in [-0.1, -0.05) is 13.8 Å². The molecule has 0 saturated heterocycles. The highest BCUT2D eigenvalue weighted by Gasteiger charge is 2.33. The lowest BCUT2D eigenvalue weighted by molar-refractivity contribution is 0.420. The third-order valence-electron chi connectivity index (χ3n) is 3.10. The van der Waals surface area contributed by atoms with Gasteiger partial charge in [-0.3, -0.25) is 0 Å². The van der Waals surface area contributed by atoms with E-state index >= 15 is 0 Å². The van der Waals surface area contributed by atoms with Gasteiger partial charge in [-0.25, -0.2) is 4.98 Å². The van der Waals surface area contributed by atoms with Crippen LogP contribution in [0.3, 0.4) is 0 Å². The van der Waals surface area contributed by atoms with E-state index in [9.17, 15) is 0 Å². The normalized spacial score (nSPS) is 20.1. The number of hydrogen-bond acceptors (Lipinski definition) is 3. The fraction of sp³-hybridized carbons (Fsp3) is 0.750. The van der Waals surface area contributed by atoms with E-state index in [2.05, 4.69) is 13.8 Å². The fourth-order valence-electron chi connectivity index (χ4n) is 2.13. The fourth-order valence-corrected chi connectivity index (χ4v) is 3.43. The van der Waals surface area contributed by atoms with E-state index in [1.165, 1.54) is 29.8 Å². The van der Waals surface area contributed by atoms with Gasteiger partial charge in [-0.05, 0) is 33.1 Å². The second kappa shape index (κ2) is 3.29. The second-order valence-corrected chi connectivity index (χ2v) is 6.83. The third-order valence-corrected chi connectivity index (χ3v) is 4.55. The first-order valence-electron chi connectivity index (χ1n) is 5.60. The van der Waals surface area contributed by atoms with Crippen molar-refractivity contribution in [2.45, 2.75) is 57.9 Å². The van der Waals surface area contributed by atoms with Gasteiger partial charge in [0.1, 0.15) is 5.01 Å². The van der Waals surface area contributed by atoms with Crippen molar-refractivity contribution in [2.24, 2.45) is 5.73 Å². The van der Waals surface area contributed by atoms with Crippen molar-refractivity contribution in [3.8, 4) is 0 Å². The predicted molar refractivity (Wildman–Crippen MR) is 65.3 cm³/mol. The molecule has 1 aromatic heterocycles. The maximum Gasteiger partial charge on any atom is 0.112 e. The van der Waals surface area contributed by atoms with Crippen LogP contribution in [-0.2, 0) is 17.4 Å². The van der Waals surface area contributed by atoms with Crippen LogP contribution in [0.25, 0.3) is 0 Å². The molecule has 0 unspecified atom stereocenters. The van der Waals surface area contributed by atoms with Crippen molar-refractivity contribution >= 4 is 11.3 Å². The minimum Gasteiger partial charge on any atom is -0.320 e. The Morgan fingerprint density at radius 2 is 2.07 bits per heavy atom. The number of aromatic nitrogens is 1. The number of nitrogens with two attached hydrogens (primary N) is 1. The van der Waals surface area contributed by atoms with Crippen molar-refractivity contribution in [2.75, 3.05) is 0 Å². The topological polar surface area (TPSA) is 38.9 Å². The molecule has 0 atom stereocenters. The lowest BCUT2D eigenvalue weighted by Gasteiger charge is -2.28. The van der Waals surface area contributed by atoms with E-state index in [1.807, 2.05) is 25.2 Å². The van der Waals surface area contributed by atoms with E-state index in [0.29, 0.717) is 0 Å². The van der Waals surface area contributed by atoms with Gasteiger partial charge in [0.05, 0.1) is 11.2 Å². The van der Waals surface area contributed by atoms with Crippen molar-refractivity contribution in [3.05, 3.63) is 15.6 Å². The van der Waals surface area contributed by atoms with Crippen LogP contribution in [0.5, 0.6) is 0 Å². The first-order chi connectivity index (χ1) is 6.81. The van der Waals surface area contributed by atoms with Crippen LogP contribution in [0.15, 0.2) is 0 Å². The molecule has 2 rings (SSSR count). The van der Waals surface area contributed by atoms with E-state index in [-0.39, 0.29) is 11.0 Å². The van der Waals surface area contributed by atoms with Crippen LogP contribution in [0, 0.1) is 0 Å². The summed E-state index contributed by atoms with van der Waals surface area (Å²) in [4.78, 5) is 6.23. The van der Waals surface area contributed by atoms with Gasteiger partial charge in [-0.15, -0.1) is 11.3 Å². The monoisotopic (exact) mass is 224 g/mol. The van der Waals surface area contributed by atoms with E-state index in [0.717, 1.165) is 5.01 Å². The molecule has 0 aliphatic heterocycles. The zero-order valence-electron chi connectivity index (χ0n) is 10.1. The SMILES string of the molecule is CC(C)(N)c1nc2c(s1)CCCC2(C)C. The average Bonchev–Trinajstić information content (AvgIpc) is 2.47. The first kappa shape index (κ1) is 11.1. The Kier molecular flexibility index (Phi) is 2.43. The van der Waals surface area contributed by atoms with Crippen LogP contribution in [0.2, 0.25) is 0 Å². The Morgan fingerprint density at radius 3 is 2.60 bits per heavy atom. The number of fused-ring (bicyclic) bond motifs is 1. The molecule has 0 spiro atoms. The molecule has 3 heteroatoms. The Hall–Kier alpha value is -0.410. The number of rotatable bonds is 1.